The van der Waals surface area contributed by atoms with Gasteiger partial charge in [-0.25, -0.2) is 9.78 Å². The highest BCUT2D eigenvalue weighted by Gasteiger charge is 2.28. The molecule has 1 fully saturated rings. The molecule has 0 atom stereocenters. The molecule has 0 spiro atoms. The van der Waals surface area contributed by atoms with Crippen molar-refractivity contribution in [1.29, 1.82) is 0 Å². The van der Waals surface area contributed by atoms with Crippen molar-refractivity contribution in [2.75, 3.05) is 13.1 Å². The number of imidazole rings is 1. The van der Waals surface area contributed by atoms with Crippen molar-refractivity contribution in [1.82, 2.24) is 24.3 Å². The second kappa shape index (κ2) is 8.68. The third kappa shape index (κ3) is 4.64. The first kappa shape index (κ1) is 21.9. The van der Waals surface area contributed by atoms with Gasteiger partial charge in [0.25, 0.3) is 5.91 Å². The SMILES string of the molecule is Cn1c(CNC(=O)c2cccn2C2CCN(C(=O)OC(C)(C)C)CC2)nc2ccccc21. The van der Waals surface area contributed by atoms with Gasteiger partial charge in [-0.3, -0.25) is 4.79 Å². The minimum absolute atomic E-state index is 0.128. The molecular formula is C24H31N5O3. The van der Waals surface area contributed by atoms with Crippen LogP contribution in [0.25, 0.3) is 11.0 Å². The number of carbonyl (C=O) groups is 2. The van der Waals surface area contributed by atoms with Crippen molar-refractivity contribution < 1.29 is 14.3 Å². The predicted molar refractivity (Wildman–Crippen MR) is 122 cm³/mol. The van der Waals surface area contributed by atoms with E-state index in [9.17, 15) is 9.59 Å². The summed E-state index contributed by atoms with van der Waals surface area (Å²) in [6, 6.07) is 11.8. The molecule has 4 rings (SSSR count). The topological polar surface area (TPSA) is 81.4 Å². The Morgan fingerprint density at radius 1 is 1.12 bits per heavy atom. The van der Waals surface area contributed by atoms with Crippen LogP contribution in [0, 0.1) is 0 Å². The van der Waals surface area contributed by atoms with Crippen molar-refractivity contribution >= 4 is 23.0 Å². The predicted octanol–water partition coefficient (Wildman–Crippen LogP) is 3.88. The summed E-state index contributed by atoms with van der Waals surface area (Å²) >= 11 is 0. The molecule has 1 aromatic carbocycles. The van der Waals surface area contributed by atoms with Crippen LogP contribution < -0.4 is 5.32 Å². The summed E-state index contributed by atoms with van der Waals surface area (Å²) in [5.41, 5.74) is 2.08. The number of nitrogens with one attached hydrogen (secondary N) is 1. The lowest BCUT2D eigenvalue weighted by Crippen LogP contribution is -2.42. The van der Waals surface area contributed by atoms with E-state index in [1.807, 2.05) is 79.5 Å². The molecule has 3 heterocycles. The number of aromatic nitrogens is 3. The monoisotopic (exact) mass is 437 g/mol. The van der Waals surface area contributed by atoms with E-state index in [0.717, 1.165) is 29.7 Å². The lowest BCUT2D eigenvalue weighted by Gasteiger charge is -2.34. The van der Waals surface area contributed by atoms with Gasteiger partial charge in [0.1, 0.15) is 17.1 Å². The van der Waals surface area contributed by atoms with E-state index < -0.39 is 5.60 Å². The number of hydrogen-bond donors (Lipinski definition) is 1. The Morgan fingerprint density at radius 3 is 2.53 bits per heavy atom. The summed E-state index contributed by atoms with van der Waals surface area (Å²) in [6.45, 7) is 7.19. The molecule has 0 saturated carbocycles. The van der Waals surface area contributed by atoms with Crippen molar-refractivity contribution in [2.24, 2.45) is 7.05 Å². The first-order valence-corrected chi connectivity index (χ1v) is 11.1. The number of fused-ring (bicyclic) bond motifs is 1. The van der Waals surface area contributed by atoms with Gasteiger partial charge < -0.3 is 24.1 Å². The number of carbonyl (C=O) groups excluding carboxylic acids is 2. The number of piperidine rings is 1. The minimum Gasteiger partial charge on any atom is -0.444 e. The third-order valence-electron chi connectivity index (χ3n) is 5.81. The normalized spacial score (nSPS) is 15.2. The molecule has 32 heavy (non-hydrogen) atoms. The average molecular weight is 438 g/mol. The second-order valence-electron chi connectivity index (χ2n) is 9.26. The van der Waals surface area contributed by atoms with Gasteiger partial charge >= 0.3 is 6.09 Å². The first-order valence-electron chi connectivity index (χ1n) is 11.1. The van der Waals surface area contributed by atoms with Crippen LogP contribution in [0.5, 0.6) is 0 Å². The van der Waals surface area contributed by atoms with Crippen molar-refractivity contribution in [3.05, 3.63) is 54.1 Å². The largest absolute Gasteiger partial charge is 0.444 e. The van der Waals surface area contributed by atoms with Gasteiger partial charge in [0.15, 0.2) is 0 Å². The number of hydrogen-bond acceptors (Lipinski definition) is 4. The molecular weight excluding hydrogens is 406 g/mol. The van der Waals surface area contributed by atoms with Gasteiger partial charge in [-0.2, -0.15) is 0 Å². The molecule has 2 aromatic heterocycles. The highest BCUT2D eigenvalue weighted by molar-refractivity contribution is 5.92. The Bertz CT molecular complexity index is 1120. The van der Waals surface area contributed by atoms with E-state index >= 15 is 0 Å². The Balaban J connectivity index is 1.37. The van der Waals surface area contributed by atoms with E-state index in [0.29, 0.717) is 25.3 Å². The van der Waals surface area contributed by atoms with E-state index in [2.05, 4.69) is 10.3 Å². The number of benzene rings is 1. The molecule has 1 N–H and O–H groups in total. The Kier molecular flexibility index (Phi) is 5.95. The Hall–Kier alpha value is -3.29. The summed E-state index contributed by atoms with van der Waals surface area (Å²) in [4.78, 5) is 31.6. The number of nitrogens with zero attached hydrogens (tertiary/aromatic N) is 4. The van der Waals surface area contributed by atoms with E-state index in [1.165, 1.54) is 0 Å². The Morgan fingerprint density at radius 2 is 1.84 bits per heavy atom. The maximum atomic E-state index is 12.9. The zero-order valence-corrected chi connectivity index (χ0v) is 19.2. The standard InChI is InChI=1S/C24H31N5O3/c1-24(2,3)32-23(31)28-14-11-17(12-15-28)29-13-7-10-20(29)22(30)25-16-21-26-18-8-5-6-9-19(18)27(21)4/h5-10,13,17H,11-12,14-16H2,1-4H3,(H,25,30). The summed E-state index contributed by atoms with van der Waals surface area (Å²) in [7, 11) is 1.96. The van der Waals surface area contributed by atoms with Crippen LogP contribution in [-0.2, 0) is 18.3 Å². The van der Waals surface area contributed by atoms with E-state index in [1.54, 1.807) is 4.90 Å². The van der Waals surface area contributed by atoms with Crippen LogP contribution in [0.3, 0.4) is 0 Å². The van der Waals surface area contributed by atoms with Crippen LogP contribution in [0.1, 0.15) is 56.0 Å². The third-order valence-corrected chi connectivity index (χ3v) is 5.81. The number of likely N-dealkylation sites (tertiary alicyclic amines) is 1. The van der Waals surface area contributed by atoms with Crippen LogP contribution >= 0.6 is 0 Å². The molecule has 1 aliphatic rings. The number of ether oxygens (including phenoxy) is 1. The summed E-state index contributed by atoms with van der Waals surface area (Å²) in [6.07, 6.45) is 3.22. The average Bonchev–Trinajstić information content (AvgIpc) is 3.36. The van der Waals surface area contributed by atoms with Crippen molar-refractivity contribution in [3.63, 3.8) is 0 Å². The van der Waals surface area contributed by atoms with Gasteiger partial charge in [-0.05, 0) is 57.9 Å². The molecule has 0 unspecified atom stereocenters. The quantitative estimate of drug-likeness (QED) is 0.672. The molecule has 8 nitrogen and oxygen atoms in total. The molecule has 3 aromatic rings. The maximum Gasteiger partial charge on any atom is 0.410 e. The molecule has 0 aliphatic carbocycles. The van der Waals surface area contributed by atoms with Gasteiger partial charge in [-0.15, -0.1) is 0 Å². The molecule has 8 heteroatoms. The highest BCUT2D eigenvalue weighted by Crippen LogP contribution is 2.26. The highest BCUT2D eigenvalue weighted by atomic mass is 16.6. The fourth-order valence-electron chi connectivity index (χ4n) is 4.16. The smallest absolute Gasteiger partial charge is 0.410 e. The fraction of sp³-hybridized carbons (Fsp3) is 0.458. The lowest BCUT2D eigenvalue weighted by atomic mass is 10.0. The van der Waals surface area contributed by atoms with Gasteiger partial charge in [-0.1, -0.05) is 12.1 Å². The fourth-order valence-corrected chi connectivity index (χ4v) is 4.16. The van der Waals surface area contributed by atoms with Gasteiger partial charge in [0.05, 0.1) is 17.6 Å². The summed E-state index contributed by atoms with van der Waals surface area (Å²) in [5, 5.41) is 3.01. The van der Waals surface area contributed by atoms with E-state index in [4.69, 9.17) is 4.74 Å². The van der Waals surface area contributed by atoms with Gasteiger partial charge in [0, 0.05) is 32.4 Å². The number of amides is 2. The number of rotatable bonds is 4. The zero-order valence-electron chi connectivity index (χ0n) is 19.2. The van der Waals surface area contributed by atoms with Crippen molar-refractivity contribution in [3.8, 4) is 0 Å². The molecule has 0 bridgehead atoms. The molecule has 0 radical (unpaired) electrons. The van der Waals surface area contributed by atoms with Crippen molar-refractivity contribution in [2.45, 2.75) is 51.8 Å². The van der Waals surface area contributed by atoms with Crippen LogP contribution in [-0.4, -0.2) is 49.7 Å². The molecule has 2 amide bonds. The minimum atomic E-state index is -0.501. The lowest BCUT2D eigenvalue weighted by molar-refractivity contribution is 0.0187. The second-order valence-corrected chi connectivity index (χ2v) is 9.26. The Labute approximate surface area is 188 Å². The van der Waals surface area contributed by atoms with E-state index in [-0.39, 0.29) is 18.0 Å². The summed E-state index contributed by atoms with van der Waals surface area (Å²) < 4.78 is 9.50. The molecule has 1 aliphatic heterocycles. The van der Waals surface area contributed by atoms with Crippen LogP contribution in [0.4, 0.5) is 4.79 Å². The van der Waals surface area contributed by atoms with Crippen LogP contribution in [0.2, 0.25) is 0 Å². The molecule has 1 saturated heterocycles. The maximum absolute atomic E-state index is 12.9. The first-order chi connectivity index (χ1) is 15.2. The molecule has 170 valence electrons. The number of aryl methyl sites for hydroxylation is 1. The number of para-hydroxylation sites is 2. The summed E-state index contributed by atoms with van der Waals surface area (Å²) in [5.74, 6) is 0.681. The van der Waals surface area contributed by atoms with Gasteiger partial charge in [0.2, 0.25) is 0 Å². The van der Waals surface area contributed by atoms with Crippen LogP contribution in [0.15, 0.2) is 42.6 Å². The zero-order chi connectivity index (χ0) is 22.9.